The fourth-order valence-electron chi connectivity index (χ4n) is 4.52. The van der Waals surface area contributed by atoms with Crippen molar-refractivity contribution in [2.24, 2.45) is 5.92 Å². The van der Waals surface area contributed by atoms with Gasteiger partial charge in [-0.2, -0.15) is 6.07 Å². The Morgan fingerprint density at radius 2 is 1.69 bits per heavy atom. The second kappa shape index (κ2) is 8.75. The maximum absolute atomic E-state index is 2.47. The smallest absolute Gasteiger partial charge is 0 e. The Balaban J connectivity index is 0.00000196. The number of hydrogen-bond acceptors (Lipinski definition) is 0. The van der Waals surface area contributed by atoms with Crippen LogP contribution in [0.25, 0.3) is 21.9 Å². The van der Waals surface area contributed by atoms with Crippen LogP contribution in [0.5, 0.6) is 0 Å². The molecule has 26 heavy (non-hydrogen) atoms. The van der Waals surface area contributed by atoms with Gasteiger partial charge in [-0.1, -0.05) is 81.8 Å². The van der Waals surface area contributed by atoms with Gasteiger partial charge in [0.25, 0.3) is 0 Å². The zero-order valence-electron chi connectivity index (χ0n) is 16.1. The first-order valence-electron chi connectivity index (χ1n) is 10.0. The number of rotatable bonds is 4. The molecule has 0 amide bonds. The Morgan fingerprint density at radius 1 is 0.962 bits per heavy atom. The van der Waals surface area contributed by atoms with Crippen molar-refractivity contribution in [1.29, 1.82) is 0 Å². The van der Waals surface area contributed by atoms with Crippen LogP contribution in [0.2, 0.25) is 0 Å². The largest absolute Gasteiger partial charge is 0.164 e. The number of hydrogen-bond donors (Lipinski definition) is 0. The molecule has 1 aliphatic carbocycles. The van der Waals surface area contributed by atoms with Gasteiger partial charge in [0.1, 0.15) is 0 Å². The number of benzene rings is 2. The quantitative estimate of drug-likeness (QED) is 0.391. The third-order valence-corrected chi connectivity index (χ3v) is 6.09. The Labute approximate surface area is 177 Å². The van der Waals surface area contributed by atoms with Gasteiger partial charge in [0.2, 0.25) is 0 Å². The normalized spacial score (nSPS) is 15.2. The molecule has 1 saturated carbocycles. The molecule has 0 N–H and O–H groups in total. The molecule has 0 radical (unpaired) electrons. The van der Waals surface area contributed by atoms with Gasteiger partial charge in [-0.05, 0) is 29.9 Å². The van der Waals surface area contributed by atoms with Gasteiger partial charge in [0.15, 0.2) is 0 Å². The molecule has 0 aromatic heterocycles. The summed E-state index contributed by atoms with van der Waals surface area (Å²) in [6.45, 7) is 4.46. The van der Waals surface area contributed by atoms with E-state index in [1.165, 1.54) is 71.6 Å². The molecule has 0 heterocycles. The van der Waals surface area contributed by atoms with E-state index in [0.29, 0.717) is 0 Å². The monoisotopic (exact) mass is 419 g/mol. The number of fused-ring (bicyclic) bond motifs is 1. The summed E-state index contributed by atoms with van der Waals surface area (Å²) in [4.78, 5) is 0. The summed E-state index contributed by atoms with van der Waals surface area (Å²) in [5.41, 5.74) is 7.09. The fourth-order valence-corrected chi connectivity index (χ4v) is 4.52. The Morgan fingerprint density at radius 3 is 2.38 bits per heavy atom. The van der Waals surface area contributed by atoms with Gasteiger partial charge in [0, 0.05) is 26.2 Å². The van der Waals surface area contributed by atoms with Gasteiger partial charge in [0.05, 0.1) is 0 Å². The second-order valence-corrected chi connectivity index (χ2v) is 7.88. The van der Waals surface area contributed by atoms with Crippen LogP contribution in [0, 0.1) is 12.8 Å². The summed E-state index contributed by atoms with van der Waals surface area (Å²) in [7, 11) is 0. The SMILES string of the molecule is CCc1ccc(-c2ccc(C)c3[cH-]c(CC4CCCCC4)cc23)cc1.[Zr]. The first-order valence-corrected chi connectivity index (χ1v) is 10.0. The van der Waals surface area contributed by atoms with Crippen LogP contribution < -0.4 is 0 Å². The summed E-state index contributed by atoms with van der Waals surface area (Å²) >= 11 is 0. The standard InChI is InChI=1S/C25H29.Zr/c1-3-19-10-12-22(13-11-19)23-14-9-18(2)24-16-21(17-25(23)24)15-20-7-5-4-6-8-20;/h9-14,16-17,20H,3-8,15H2,1-2H3;/q-1;. The van der Waals surface area contributed by atoms with Crippen molar-refractivity contribution in [3.05, 3.63) is 65.2 Å². The average Bonchev–Trinajstić information content (AvgIpc) is 3.07. The summed E-state index contributed by atoms with van der Waals surface area (Å²) in [6, 6.07) is 18.6. The van der Waals surface area contributed by atoms with Crippen molar-refractivity contribution in [2.75, 3.05) is 0 Å². The van der Waals surface area contributed by atoms with Crippen LogP contribution in [0.1, 0.15) is 55.7 Å². The predicted octanol–water partition coefficient (Wildman–Crippen LogP) is 7.22. The molecule has 4 rings (SSSR count). The van der Waals surface area contributed by atoms with E-state index >= 15 is 0 Å². The van der Waals surface area contributed by atoms with Crippen LogP contribution in [-0.4, -0.2) is 0 Å². The molecule has 1 aliphatic rings. The van der Waals surface area contributed by atoms with E-state index in [-0.39, 0.29) is 26.2 Å². The van der Waals surface area contributed by atoms with E-state index in [1.54, 1.807) is 5.56 Å². The molecule has 0 bridgehead atoms. The Bertz CT molecular complexity index is 848. The maximum atomic E-state index is 2.47. The van der Waals surface area contributed by atoms with Crippen molar-refractivity contribution < 1.29 is 26.2 Å². The minimum atomic E-state index is 0. The molecule has 3 aromatic carbocycles. The van der Waals surface area contributed by atoms with E-state index in [4.69, 9.17) is 0 Å². The Hall–Kier alpha value is -1.07. The number of aryl methyl sites for hydroxylation is 2. The summed E-state index contributed by atoms with van der Waals surface area (Å²) in [6.07, 6.45) is 9.51. The van der Waals surface area contributed by atoms with Gasteiger partial charge >= 0.3 is 0 Å². The first kappa shape index (κ1) is 19.7. The van der Waals surface area contributed by atoms with Crippen LogP contribution in [0.4, 0.5) is 0 Å². The predicted molar refractivity (Wildman–Crippen MR) is 109 cm³/mol. The first-order chi connectivity index (χ1) is 12.2. The molecule has 0 spiro atoms. The molecule has 0 atom stereocenters. The van der Waals surface area contributed by atoms with E-state index < -0.39 is 0 Å². The van der Waals surface area contributed by atoms with Crippen molar-refractivity contribution in [2.45, 2.75) is 58.8 Å². The van der Waals surface area contributed by atoms with E-state index in [0.717, 1.165) is 12.3 Å². The molecule has 0 saturated heterocycles. The molecule has 0 aliphatic heterocycles. The van der Waals surface area contributed by atoms with Gasteiger partial charge < -0.3 is 0 Å². The van der Waals surface area contributed by atoms with E-state index in [9.17, 15) is 0 Å². The van der Waals surface area contributed by atoms with Crippen LogP contribution in [0.15, 0.2) is 48.5 Å². The van der Waals surface area contributed by atoms with E-state index in [1.807, 2.05) is 0 Å². The zero-order valence-corrected chi connectivity index (χ0v) is 18.6. The third kappa shape index (κ3) is 4.09. The van der Waals surface area contributed by atoms with Crippen LogP contribution in [-0.2, 0) is 39.0 Å². The zero-order chi connectivity index (χ0) is 17.2. The molecule has 1 heteroatoms. The molecular weight excluding hydrogens is 391 g/mol. The second-order valence-electron chi connectivity index (χ2n) is 7.88. The molecule has 0 nitrogen and oxygen atoms in total. The van der Waals surface area contributed by atoms with Gasteiger partial charge in [-0.25, -0.2) is 0 Å². The fraction of sp³-hybridized carbons (Fsp3) is 0.400. The van der Waals surface area contributed by atoms with Gasteiger partial charge in [-0.15, -0.1) is 34.0 Å². The maximum Gasteiger partial charge on any atom is 0 e. The van der Waals surface area contributed by atoms with Crippen molar-refractivity contribution in [3.8, 4) is 11.1 Å². The summed E-state index contributed by atoms with van der Waals surface area (Å²) < 4.78 is 0. The topological polar surface area (TPSA) is 0 Å². The summed E-state index contributed by atoms with van der Waals surface area (Å²) in [5, 5.41) is 2.89. The molecule has 3 aromatic rings. The Kier molecular flexibility index (Phi) is 6.62. The van der Waals surface area contributed by atoms with E-state index in [2.05, 4.69) is 62.4 Å². The molecule has 0 unspecified atom stereocenters. The minimum absolute atomic E-state index is 0. The van der Waals surface area contributed by atoms with Crippen molar-refractivity contribution >= 4 is 10.8 Å². The van der Waals surface area contributed by atoms with Crippen molar-refractivity contribution in [1.82, 2.24) is 0 Å². The molecule has 134 valence electrons. The summed E-state index contributed by atoms with van der Waals surface area (Å²) in [5.74, 6) is 0.901. The third-order valence-electron chi connectivity index (χ3n) is 6.09. The van der Waals surface area contributed by atoms with Crippen LogP contribution >= 0.6 is 0 Å². The molecule has 1 fully saturated rings. The average molecular weight is 421 g/mol. The van der Waals surface area contributed by atoms with Gasteiger partial charge in [-0.3, -0.25) is 0 Å². The molecular formula is C25H29Zr-. The van der Waals surface area contributed by atoms with Crippen molar-refractivity contribution in [3.63, 3.8) is 0 Å². The minimum Gasteiger partial charge on any atom is -0.164 e. The van der Waals surface area contributed by atoms with Crippen LogP contribution in [0.3, 0.4) is 0 Å².